The summed E-state index contributed by atoms with van der Waals surface area (Å²) in [6, 6.07) is 8.63. The van der Waals surface area contributed by atoms with Crippen LogP contribution in [-0.2, 0) is 4.74 Å². The molecular formula is C18H28O2. The second kappa shape index (κ2) is 6.17. The van der Waals surface area contributed by atoms with Crippen LogP contribution in [0.1, 0.15) is 52.5 Å². The number of benzene rings is 1. The summed E-state index contributed by atoms with van der Waals surface area (Å²) in [5, 5.41) is 0. The average Bonchev–Trinajstić information content (AvgIpc) is 3.17. The van der Waals surface area contributed by atoms with Gasteiger partial charge in [-0.3, -0.25) is 0 Å². The maximum Gasteiger partial charge on any atom is 0.119 e. The summed E-state index contributed by atoms with van der Waals surface area (Å²) in [6.45, 7) is 13.1. The van der Waals surface area contributed by atoms with E-state index in [2.05, 4.69) is 58.9 Å². The minimum absolute atomic E-state index is 0.318. The average molecular weight is 276 g/mol. The fourth-order valence-electron chi connectivity index (χ4n) is 2.56. The zero-order valence-corrected chi connectivity index (χ0v) is 13.5. The topological polar surface area (TPSA) is 21.8 Å². The highest BCUT2D eigenvalue weighted by Gasteiger charge is 2.24. The molecule has 1 aromatic rings. The first kappa shape index (κ1) is 15.4. The first-order chi connectivity index (χ1) is 9.35. The lowest BCUT2D eigenvalue weighted by Gasteiger charge is -2.29. The lowest BCUT2D eigenvalue weighted by molar-refractivity contribution is 0.262. The highest BCUT2D eigenvalue weighted by Crippen LogP contribution is 2.36. The Balaban J connectivity index is 2.00. The summed E-state index contributed by atoms with van der Waals surface area (Å²) in [4.78, 5) is 0. The highest BCUT2D eigenvalue weighted by atomic mass is 16.6. The number of ether oxygens (including phenoxy) is 2. The SMILES string of the molecule is CC(C)C(CC(C)(C)C)c1ccc(OCC2CO2)cc1. The second-order valence-corrected chi connectivity index (χ2v) is 7.45. The molecule has 112 valence electrons. The zero-order chi connectivity index (χ0) is 14.8. The van der Waals surface area contributed by atoms with Gasteiger partial charge in [-0.05, 0) is 41.4 Å². The largest absolute Gasteiger partial charge is 0.491 e. The summed E-state index contributed by atoms with van der Waals surface area (Å²) in [5.41, 5.74) is 1.78. The molecule has 2 rings (SSSR count). The fourth-order valence-corrected chi connectivity index (χ4v) is 2.56. The van der Waals surface area contributed by atoms with Crippen LogP contribution in [0.15, 0.2) is 24.3 Å². The van der Waals surface area contributed by atoms with Crippen molar-refractivity contribution >= 4 is 0 Å². The van der Waals surface area contributed by atoms with Crippen LogP contribution >= 0.6 is 0 Å². The molecule has 0 spiro atoms. The molecule has 0 saturated carbocycles. The molecule has 0 aromatic heterocycles. The number of epoxide rings is 1. The number of hydrogen-bond acceptors (Lipinski definition) is 2. The number of rotatable bonds is 6. The van der Waals surface area contributed by atoms with E-state index in [1.54, 1.807) is 0 Å². The third-order valence-electron chi connectivity index (χ3n) is 3.78. The minimum Gasteiger partial charge on any atom is -0.491 e. The Morgan fingerprint density at radius 2 is 1.80 bits per heavy atom. The van der Waals surface area contributed by atoms with Crippen LogP contribution in [0.25, 0.3) is 0 Å². The first-order valence-corrected chi connectivity index (χ1v) is 7.69. The first-order valence-electron chi connectivity index (χ1n) is 7.69. The smallest absolute Gasteiger partial charge is 0.119 e. The molecule has 0 amide bonds. The summed E-state index contributed by atoms with van der Waals surface area (Å²) in [6.07, 6.45) is 1.53. The predicted molar refractivity (Wildman–Crippen MR) is 83.3 cm³/mol. The van der Waals surface area contributed by atoms with E-state index in [-0.39, 0.29) is 0 Å². The van der Waals surface area contributed by atoms with Gasteiger partial charge in [0.05, 0.1) is 6.61 Å². The molecule has 2 nitrogen and oxygen atoms in total. The van der Waals surface area contributed by atoms with E-state index >= 15 is 0 Å². The third-order valence-corrected chi connectivity index (χ3v) is 3.78. The molecule has 0 aliphatic carbocycles. The van der Waals surface area contributed by atoms with Crippen LogP contribution in [0, 0.1) is 11.3 Å². The standard InChI is InChI=1S/C18H28O2/c1-13(2)17(10-18(3,4)5)14-6-8-15(9-7-14)19-11-16-12-20-16/h6-9,13,16-17H,10-12H2,1-5H3. The predicted octanol–water partition coefficient (Wildman–Crippen LogP) is 4.64. The molecule has 0 bridgehead atoms. The van der Waals surface area contributed by atoms with Crippen molar-refractivity contribution in [3.05, 3.63) is 29.8 Å². The highest BCUT2D eigenvalue weighted by molar-refractivity contribution is 5.30. The molecule has 0 N–H and O–H groups in total. The van der Waals surface area contributed by atoms with Gasteiger partial charge in [0.1, 0.15) is 18.5 Å². The molecule has 2 heteroatoms. The molecule has 1 fully saturated rings. The van der Waals surface area contributed by atoms with Crippen LogP contribution < -0.4 is 4.74 Å². The summed E-state index contributed by atoms with van der Waals surface area (Å²) in [5.74, 6) is 2.21. The lowest BCUT2D eigenvalue weighted by Crippen LogP contribution is -2.16. The van der Waals surface area contributed by atoms with Gasteiger partial charge in [-0.25, -0.2) is 0 Å². The van der Waals surface area contributed by atoms with Gasteiger partial charge >= 0.3 is 0 Å². The maximum absolute atomic E-state index is 5.70. The minimum atomic E-state index is 0.318. The van der Waals surface area contributed by atoms with Gasteiger partial charge in [0.25, 0.3) is 0 Å². The molecule has 20 heavy (non-hydrogen) atoms. The molecular weight excluding hydrogens is 248 g/mol. The van der Waals surface area contributed by atoms with Gasteiger partial charge in [-0.1, -0.05) is 46.8 Å². The molecule has 1 saturated heterocycles. The Hall–Kier alpha value is -1.02. The summed E-state index contributed by atoms with van der Waals surface area (Å²) in [7, 11) is 0. The zero-order valence-electron chi connectivity index (χ0n) is 13.5. The van der Waals surface area contributed by atoms with Crippen molar-refractivity contribution in [3.8, 4) is 5.75 Å². The van der Waals surface area contributed by atoms with Crippen molar-refractivity contribution in [2.45, 2.75) is 53.1 Å². The molecule has 1 aliphatic heterocycles. The van der Waals surface area contributed by atoms with Crippen molar-refractivity contribution in [2.24, 2.45) is 11.3 Å². The quantitative estimate of drug-likeness (QED) is 0.706. The van der Waals surface area contributed by atoms with Crippen LogP contribution in [0.2, 0.25) is 0 Å². The Bertz CT molecular complexity index is 410. The van der Waals surface area contributed by atoms with Crippen LogP contribution in [0.5, 0.6) is 5.75 Å². The molecule has 1 heterocycles. The van der Waals surface area contributed by atoms with E-state index < -0.39 is 0 Å². The van der Waals surface area contributed by atoms with E-state index in [0.29, 0.717) is 30.0 Å². The summed E-state index contributed by atoms with van der Waals surface area (Å²) >= 11 is 0. The van der Waals surface area contributed by atoms with Crippen molar-refractivity contribution in [1.82, 2.24) is 0 Å². The van der Waals surface area contributed by atoms with Crippen LogP contribution in [-0.4, -0.2) is 19.3 Å². The van der Waals surface area contributed by atoms with Crippen molar-refractivity contribution in [1.29, 1.82) is 0 Å². The van der Waals surface area contributed by atoms with Crippen LogP contribution in [0.4, 0.5) is 0 Å². The van der Waals surface area contributed by atoms with Gasteiger partial charge in [-0.2, -0.15) is 0 Å². The monoisotopic (exact) mass is 276 g/mol. The van der Waals surface area contributed by atoms with Gasteiger partial charge in [0.15, 0.2) is 0 Å². The van der Waals surface area contributed by atoms with Crippen LogP contribution in [0.3, 0.4) is 0 Å². The fraction of sp³-hybridized carbons (Fsp3) is 0.667. The lowest BCUT2D eigenvalue weighted by atomic mass is 9.76. The molecule has 2 atom stereocenters. The second-order valence-electron chi connectivity index (χ2n) is 7.45. The van der Waals surface area contributed by atoms with Crippen molar-refractivity contribution in [3.63, 3.8) is 0 Å². The van der Waals surface area contributed by atoms with Crippen molar-refractivity contribution < 1.29 is 9.47 Å². The molecule has 0 radical (unpaired) electrons. The number of hydrogen-bond donors (Lipinski definition) is 0. The van der Waals surface area contributed by atoms with Gasteiger partial charge in [0.2, 0.25) is 0 Å². The van der Waals surface area contributed by atoms with E-state index in [0.717, 1.165) is 12.4 Å². The Morgan fingerprint density at radius 3 is 2.25 bits per heavy atom. The van der Waals surface area contributed by atoms with E-state index in [1.807, 2.05) is 0 Å². The Labute approximate surface area is 123 Å². The molecule has 1 aliphatic rings. The van der Waals surface area contributed by atoms with E-state index in [1.165, 1.54) is 12.0 Å². The van der Waals surface area contributed by atoms with Gasteiger partial charge in [-0.15, -0.1) is 0 Å². The maximum atomic E-state index is 5.70. The molecule has 2 unspecified atom stereocenters. The normalized spacial score (nSPS) is 20.0. The van der Waals surface area contributed by atoms with E-state index in [9.17, 15) is 0 Å². The molecule has 1 aromatic carbocycles. The van der Waals surface area contributed by atoms with E-state index in [4.69, 9.17) is 9.47 Å². The van der Waals surface area contributed by atoms with Gasteiger partial charge in [0, 0.05) is 0 Å². The van der Waals surface area contributed by atoms with Crippen molar-refractivity contribution in [2.75, 3.05) is 13.2 Å². The third kappa shape index (κ3) is 4.82. The Kier molecular flexibility index (Phi) is 4.74. The van der Waals surface area contributed by atoms with Gasteiger partial charge < -0.3 is 9.47 Å². The Morgan fingerprint density at radius 1 is 1.20 bits per heavy atom. The summed E-state index contributed by atoms with van der Waals surface area (Å²) < 4.78 is 10.9.